The van der Waals surface area contributed by atoms with Crippen LogP contribution in [0.25, 0.3) is 0 Å². The van der Waals surface area contributed by atoms with E-state index >= 15 is 0 Å². The van der Waals surface area contributed by atoms with Gasteiger partial charge in [-0.15, -0.1) is 6.58 Å². The van der Waals surface area contributed by atoms with E-state index in [1.807, 2.05) is 30.3 Å². The van der Waals surface area contributed by atoms with Crippen molar-refractivity contribution < 1.29 is 23.9 Å². The fourth-order valence-electron chi connectivity index (χ4n) is 2.63. The maximum absolute atomic E-state index is 12.3. The van der Waals surface area contributed by atoms with E-state index in [4.69, 9.17) is 15.2 Å². The van der Waals surface area contributed by atoms with E-state index in [-0.39, 0.29) is 13.0 Å². The van der Waals surface area contributed by atoms with Gasteiger partial charge in [0.05, 0.1) is 12.5 Å². The Morgan fingerprint density at radius 1 is 1.10 bits per heavy atom. The van der Waals surface area contributed by atoms with Gasteiger partial charge in [-0.2, -0.15) is 0 Å². The Kier molecular flexibility index (Phi) is 8.43. The topological polar surface area (TPSA) is 120 Å². The van der Waals surface area contributed by atoms with Crippen LogP contribution in [-0.2, 0) is 14.3 Å². The molecule has 2 rings (SSSR count). The van der Waals surface area contributed by atoms with Crippen molar-refractivity contribution in [1.29, 1.82) is 0 Å². The number of para-hydroxylation sites is 1. The first kappa shape index (κ1) is 22.5. The lowest BCUT2D eigenvalue weighted by Gasteiger charge is -2.19. The van der Waals surface area contributed by atoms with Crippen molar-refractivity contribution in [3.63, 3.8) is 0 Å². The van der Waals surface area contributed by atoms with Crippen LogP contribution >= 0.6 is 0 Å². The van der Waals surface area contributed by atoms with Crippen molar-refractivity contribution in [1.82, 2.24) is 10.6 Å². The van der Waals surface area contributed by atoms with Crippen LogP contribution in [-0.4, -0.2) is 30.6 Å². The molecule has 0 fully saturated rings. The van der Waals surface area contributed by atoms with Crippen LogP contribution in [0.1, 0.15) is 24.9 Å². The summed E-state index contributed by atoms with van der Waals surface area (Å²) in [7, 11) is 0. The number of amides is 3. The van der Waals surface area contributed by atoms with Crippen LogP contribution < -0.4 is 21.1 Å². The van der Waals surface area contributed by atoms with Crippen LogP contribution in [0.3, 0.4) is 0 Å². The summed E-state index contributed by atoms with van der Waals surface area (Å²) in [5.74, 6) is 0.0682. The van der Waals surface area contributed by atoms with Gasteiger partial charge in [0.2, 0.25) is 0 Å². The molecule has 4 N–H and O–H groups in total. The molecule has 0 aliphatic heterocycles. The molecule has 0 aliphatic rings. The van der Waals surface area contributed by atoms with Crippen LogP contribution in [0.5, 0.6) is 11.5 Å². The average Bonchev–Trinajstić information content (AvgIpc) is 2.72. The number of hydrogen-bond acceptors (Lipinski definition) is 5. The summed E-state index contributed by atoms with van der Waals surface area (Å²) in [5.41, 5.74) is 5.87. The second kappa shape index (κ2) is 11.3. The normalized spacial score (nSPS) is 12.2. The molecule has 0 saturated heterocycles. The third-order valence-electron chi connectivity index (χ3n) is 4.02. The number of nitrogens with two attached hydrogens (primary N) is 1. The Hall–Kier alpha value is -3.81. The molecule has 0 aliphatic carbocycles. The van der Waals surface area contributed by atoms with Gasteiger partial charge in [-0.05, 0) is 36.8 Å². The molecule has 0 bridgehead atoms. The van der Waals surface area contributed by atoms with Crippen LogP contribution in [0.15, 0.2) is 67.3 Å². The van der Waals surface area contributed by atoms with Gasteiger partial charge in [-0.3, -0.25) is 9.59 Å². The summed E-state index contributed by atoms with van der Waals surface area (Å²) in [5, 5.41) is 5.07. The molecule has 0 aromatic heterocycles. The number of rotatable bonds is 10. The lowest BCUT2D eigenvalue weighted by atomic mass is 10.0. The van der Waals surface area contributed by atoms with Gasteiger partial charge in [0.15, 0.2) is 6.10 Å². The highest BCUT2D eigenvalue weighted by Gasteiger charge is 2.23. The Labute approximate surface area is 175 Å². The van der Waals surface area contributed by atoms with Crippen molar-refractivity contribution >= 4 is 17.9 Å². The minimum absolute atomic E-state index is 0.211. The fourth-order valence-corrected chi connectivity index (χ4v) is 2.63. The van der Waals surface area contributed by atoms with Crippen molar-refractivity contribution in [2.75, 3.05) is 6.54 Å². The monoisotopic (exact) mass is 411 g/mol. The number of esters is 1. The number of ether oxygens (including phenoxy) is 2. The standard InChI is InChI=1S/C22H25N3O5/c1-3-12-24-21(27)15(2)29-20(26)14-19(25-22(23)28)16-8-7-11-18(13-16)30-17-9-5-4-6-10-17/h3-11,13,15,19H,1,12,14H2,2H3,(H,24,27)(H3,23,25,28)/t15-,19-/m0/s1. The van der Waals surface area contributed by atoms with Gasteiger partial charge in [-0.1, -0.05) is 36.4 Å². The molecular weight excluding hydrogens is 386 g/mol. The lowest BCUT2D eigenvalue weighted by molar-refractivity contribution is -0.155. The molecule has 8 heteroatoms. The number of nitrogens with one attached hydrogen (secondary N) is 2. The molecule has 158 valence electrons. The lowest BCUT2D eigenvalue weighted by Crippen LogP contribution is -2.38. The smallest absolute Gasteiger partial charge is 0.312 e. The number of primary amides is 1. The Balaban J connectivity index is 2.08. The van der Waals surface area contributed by atoms with Crippen molar-refractivity contribution in [2.24, 2.45) is 5.73 Å². The highest BCUT2D eigenvalue weighted by molar-refractivity contribution is 5.83. The van der Waals surface area contributed by atoms with Crippen molar-refractivity contribution in [3.05, 3.63) is 72.8 Å². The predicted octanol–water partition coefficient (Wildman–Crippen LogP) is 2.81. The minimum Gasteiger partial charge on any atom is -0.457 e. The van der Waals surface area contributed by atoms with Gasteiger partial charge in [0, 0.05) is 6.54 Å². The van der Waals surface area contributed by atoms with E-state index in [1.54, 1.807) is 24.3 Å². The first-order valence-corrected chi connectivity index (χ1v) is 9.36. The Morgan fingerprint density at radius 2 is 1.80 bits per heavy atom. The molecule has 0 unspecified atom stereocenters. The summed E-state index contributed by atoms with van der Waals surface area (Å²) in [6.07, 6.45) is 0.319. The van der Waals surface area contributed by atoms with E-state index < -0.39 is 30.1 Å². The zero-order chi connectivity index (χ0) is 21.9. The number of carbonyl (C=O) groups excluding carboxylic acids is 3. The van der Waals surface area contributed by atoms with Gasteiger partial charge < -0.3 is 25.8 Å². The average molecular weight is 411 g/mol. The molecule has 8 nitrogen and oxygen atoms in total. The number of carbonyl (C=O) groups is 3. The van der Waals surface area contributed by atoms with E-state index in [0.717, 1.165) is 0 Å². The van der Waals surface area contributed by atoms with Crippen LogP contribution in [0, 0.1) is 0 Å². The highest BCUT2D eigenvalue weighted by atomic mass is 16.5. The summed E-state index contributed by atoms with van der Waals surface area (Å²) >= 11 is 0. The van der Waals surface area contributed by atoms with Crippen molar-refractivity contribution in [3.8, 4) is 11.5 Å². The first-order chi connectivity index (χ1) is 14.4. The molecule has 30 heavy (non-hydrogen) atoms. The Bertz CT molecular complexity index is 885. The molecule has 2 aromatic carbocycles. The number of urea groups is 1. The second-order valence-corrected chi connectivity index (χ2v) is 6.42. The minimum atomic E-state index is -0.987. The van der Waals surface area contributed by atoms with Gasteiger partial charge in [-0.25, -0.2) is 4.79 Å². The molecular formula is C22H25N3O5. The van der Waals surface area contributed by atoms with E-state index in [1.165, 1.54) is 13.0 Å². The van der Waals surface area contributed by atoms with Crippen LogP contribution in [0.2, 0.25) is 0 Å². The highest BCUT2D eigenvalue weighted by Crippen LogP contribution is 2.26. The number of hydrogen-bond donors (Lipinski definition) is 3. The summed E-state index contributed by atoms with van der Waals surface area (Å²) < 4.78 is 11.0. The van der Waals surface area contributed by atoms with Crippen LogP contribution in [0.4, 0.5) is 4.79 Å². The summed E-state index contributed by atoms with van der Waals surface area (Å²) in [4.78, 5) is 35.6. The molecule has 0 spiro atoms. The number of benzene rings is 2. The SMILES string of the molecule is C=CCNC(=O)[C@H](C)OC(=O)C[C@H](NC(N)=O)c1cccc(Oc2ccccc2)c1. The summed E-state index contributed by atoms with van der Waals surface area (Å²) in [6, 6.07) is 14.6. The third kappa shape index (κ3) is 7.31. The Morgan fingerprint density at radius 3 is 2.47 bits per heavy atom. The van der Waals surface area contributed by atoms with Gasteiger partial charge >= 0.3 is 12.0 Å². The quantitative estimate of drug-likeness (QED) is 0.410. The zero-order valence-corrected chi connectivity index (χ0v) is 16.7. The van der Waals surface area contributed by atoms with E-state index in [0.29, 0.717) is 17.1 Å². The maximum Gasteiger partial charge on any atom is 0.312 e. The first-order valence-electron chi connectivity index (χ1n) is 9.36. The van der Waals surface area contributed by atoms with E-state index in [9.17, 15) is 14.4 Å². The molecule has 2 aromatic rings. The molecule has 0 heterocycles. The van der Waals surface area contributed by atoms with Crippen molar-refractivity contribution in [2.45, 2.75) is 25.5 Å². The summed E-state index contributed by atoms with van der Waals surface area (Å²) in [6.45, 7) is 5.23. The zero-order valence-electron chi connectivity index (χ0n) is 16.7. The molecule has 2 atom stereocenters. The molecule has 0 saturated carbocycles. The molecule has 0 radical (unpaired) electrons. The largest absolute Gasteiger partial charge is 0.457 e. The fraction of sp³-hybridized carbons (Fsp3) is 0.227. The van der Waals surface area contributed by atoms with E-state index in [2.05, 4.69) is 17.2 Å². The molecule has 3 amide bonds. The second-order valence-electron chi connectivity index (χ2n) is 6.42. The van der Waals surface area contributed by atoms with Gasteiger partial charge in [0.1, 0.15) is 11.5 Å². The maximum atomic E-state index is 12.3. The van der Waals surface area contributed by atoms with Gasteiger partial charge in [0.25, 0.3) is 5.91 Å². The third-order valence-corrected chi connectivity index (χ3v) is 4.02. The predicted molar refractivity (Wildman–Crippen MR) is 112 cm³/mol.